The van der Waals surface area contributed by atoms with Crippen LogP contribution < -0.4 is 16.0 Å². The molecule has 2 heterocycles. The summed E-state index contributed by atoms with van der Waals surface area (Å²) >= 11 is 0. The van der Waals surface area contributed by atoms with Crippen LogP contribution in [0.3, 0.4) is 0 Å². The highest BCUT2D eigenvalue weighted by molar-refractivity contribution is 6.60. The minimum absolute atomic E-state index is 0.0120. The summed E-state index contributed by atoms with van der Waals surface area (Å²) < 4.78 is 41.3. The molecule has 0 aromatic carbocycles. The van der Waals surface area contributed by atoms with Gasteiger partial charge in [-0.3, -0.25) is 14.4 Å². The topological polar surface area (TPSA) is 152 Å². The highest BCUT2D eigenvalue weighted by atomic mass is 28.4. The van der Waals surface area contributed by atoms with Gasteiger partial charge in [-0.05, 0) is 40.0 Å². The number of allylic oxidation sites excluding steroid dienone is 2. The third-order valence-electron chi connectivity index (χ3n) is 7.86. The summed E-state index contributed by atoms with van der Waals surface area (Å²) in [5.74, 6) is -0.477. The molecule has 262 valence electrons. The number of ether oxygens (including phenoxy) is 4. The summed E-state index contributed by atoms with van der Waals surface area (Å²) in [5, 5.41) is 8.68. The first-order valence-electron chi connectivity index (χ1n) is 16.9. The molecule has 2 aliphatic heterocycles. The van der Waals surface area contributed by atoms with Crippen LogP contribution in [0.15, 0.2) is 24.3 Å². The number of carbonyl (C=O) groups is 3. The summed E-state index contributed by atoms with van der Waals surface area (Å²) in [7, 11) is -2.72. The fourth-order valence-electron chi connectivity index (χ4n) is 5.40. The highest BCUT2D eigenvalue weighted by Crippen LogP contribution is 2.32. The van der Waals surface area contributed by atoms with E-state index in [1.54, 1.807) is 0 Å². The standard InChI is InChI=1S/C32H55N3O10Si/c1-4-43-46(44-5-2,45-6-3)21-11-20-34-28(37)17-16-27(36)33-18-9-14-29-39-22-32(23-40-29)24-41-30(42-25-32)15-10-19-35-31(38)26-12-7-8-13-26/h7-8,12-13,26,29-30H,4-6,9-11,14-25H2,1-3H3,(H,33,36)(H,34,37)(H,35,38). The Morgan fingerprint density at radius 1 is 0.696 bits per heavy atom. The van der Waals surface area contributed by atoms with Crippen LogP contribution in [0.25, 0.3) is 0 Å². The van der Waals surface area contributed by atoms with Crippen LogP contribution in [0.5, 0.6) is 0 Å². The third kappa shape index (κ3) is 13.5. The molecule has 3 rings (SSSR count). The van der Waals surface area contributed by atoms with Gasteiger partial charge in [0.15, 0.2) is 12.6 Å². The Hall–Kier alpha value is -2.17. The zero-order valence-electron chi connectivity index (χ0n) is 27.9. The average molecular weight is 670 g/mol. The summed E-state index contributed by atoms with van der Waals surface area (Å²) in [6, 6.07) is 0.626. The molecule has 0 unspecified atom stereocenters. The van der Waals surface area contributed by atoms with Crippen molar-refractivity contribution < 1.29 is 46.6 Å². The molecule has 46 heavy (non-hydrogen) atoms. The number of amides is 3. The van der Waals surface area contributed by atoms with Crippen LogP contribution in [0, 0.1) is 11.3 Å². The minimum Gasteiger partial charge on any atom is -0.374 e. The van der Waals surface area contributed by atoms with Gasteiger partial charge in [-0.1, -0.05) is 24.3 Å². The van der Waals surface area contributed by atoms with Crippen LogP contribution in [-0.4, -0.2) is 105 Å². The van der Waals surface area contributed by atoms with Crippen LogP contribution in [-0.2, 0) is 46.6 Å². The molecule has 0 radical (unpaired) electrons. The zero-order valence-corrected chi connectivity index (χ0v) is 28.9. The van der Waals surface area contributed by atoms with E-state index in [0.717, 1.165) is 6.42 Å². The number of hydrogen-bond donors (Lipinski definition) is 3. The first-order chi connectivity index (χ1) is 22.3. The molecule has 3 N–H and O–H groups in total. The Bertz CT molecular complexity index is 950. The van der Waals surface area contributed by atoms with Gasteiger partial charge in [-0.25, -0.2) is 0 Å². The van der Waals surface area contributed by atoms with Crippen molar-refractivity contribution in [3.05, 3.63) is 24.3 Å². The second-order valence-corrected chi connectivity index (χ2v) is 14.5. The van der Waals surface area contributed by atoms with Gasteiger partial charge < -0.3 is 48.2 Å². The van der Waals surface area contributed by atoms with Crippen LogP contribution in [0.1, 0.15) is 65.7 Å². The van der Waals surface area contributed by atoms with Crippen molar-refractivity contribution in [1.82, 2.24) is 16.0 Å². The van der Waals surface area contributed by atoms with Gasteiger partial charge in [0, 0.05) is 71.2 Å². The van der Waals surface area contributed by atoms with Crippen molar-refractivity contribution in [3.63, 3.8) is 0 Å². The number of hydrogen-bond acceptors (Lipinski definition) is 10. The molecule has 3 aliphatic rings. The molecular weight excluding hydrogens is 614 g/mol. The van der Waals surface area contributed by atoms with Crippen molar-refractivity contribution in [3.8, 4) is 0 Å². The molecule has 3 amide bonds. The second kappa shape index (κ2) is 20.9. The summed E-state index contributed by atoms with van der Waals surface area (Å²) in [4.78, 5) is 36.5. The molecule has 0 aromatic rings. The number of rotatable bonds is 22. The highest BCUT2D eigenvalue weighted by Gasteiger charge is 2.42. The van der Waals surface area contributed by atoms with Crippen molar-refractivity contribution in [2.75, 3.05) is 65.9 Å². The Morgan fingerprint density at radius 2 is 1.13 bits per heavy atom. The fourth-order valence-corrected chi connectivity index (χ4v) is 8.01. The average Bonchev–Trinajstić information content (AvgIpc) is 3.60. The summed E-state index contributed by atoms with van der Waals surface area (Å²) in [6.45, 7) is 10.8. The maximum atomic E-state index is 12.2. The first-order valence-corrected chi connectivity index (χ1v) is 18.8. The zero-order chi connectivity index (χ0) is 33.1. The van der Waals surface area contributed by atoms with Crippen molar-refractivity contribution in [2.45, 2.75) is 84.3 Å². The van der Waals surface area contributed by atoms with Crippen LogP contribution in [0.2, 0.25) is 6.04 Å². The van der Waals surface area contributed by atoms with E-state index in [0.29, 0.717) is 97.6 Å². The van der Waals surface area contributed by atoms with E-state index in [4.69, 9.17) is 32.2 Å². The fraction of sp³-hybridized carbons (Fsp3) is 0.781. The maximum absolute atomic E-state index is 12.2. The van der Waals surface area contributed by atoms with Gasteiger partial charge in [-0.15, -0.1) is 0 Å². The molecule has 14 heteroatoms. The summed E-state index contributed by atoms with van der Waals surface area (Å²) in [6.07, 6.45) is 10.6. The quantitative estimate of drug-likeness (QED) is 0.116. The molecule has 0 bridgehead atoms. The molecule has 0 aromatic heterocycles. The lowest BCUT2D eigenvalue weighted by Gasteiger charge is -2.43. The number of carbonyl (C=O) groups excluding carboxylic acids is 3. The molecular formula is C32H55N3O10Si. The molecule has 13 nitrogen and oxygen atoms in total. The van der Waals surface area contributed by atoms with E-state index in [-0.39, 0.29) is 54.5 Å². The van der Waals surface area contributed by atoms with E-state index in [1.165, 1.54) is 0 Å². The maximum Gasteiger partial charge on any atom is 0.500 e. The third-order valence-corrected chi connectivity index (χ3v) is 11.0. The van der Waals surface area contributed by atoms with E-state index in [2.05, 4.69) is 16.0 Å². The molecule has 1 aliphatic carbocycles. The van der Waals surface area contributed by atoms with E-state index >= 15 is 0 Å². The smallest absolute Gasteiger partial charge is 0.374 e. The van der Waals surface area contributed by atoms with Crippen molar-refractivity contribution in [2.24, 2.45) is 11.3 Å². The van der Waals surface area contributed by atoms with E-state index in [1.807, 2.05) is 45.1 Å². The molecule has 0 saturated carbocycles. The van der Waals surface area contributed by atoms with E-state index in [9.17, 15) is 14.4 Å². The normalized spacial score (nSPS) is 23.1. The van der Waals surface area contributed by atoms with E-state index < -0.39 is 8.80 Å². The monoisotopic (exact) mass is 669 g/mol. The van der Waals surface area contributed by atoms with Gasteiger partial charge in [0.25, 0.3) is 0 Å². The van der Waals surface area contributed by atoms with Gasteiger partial charge in [-0.2, -0.15) is 0 Å². The molecule has 1 spiro atoms. The Labute approximate surface area is 274 Å². The summed E-state index contributed by atoms with van der Waals surface area (Å²) in [5.41, 5.74) is -0.321. The Morgan fingerprint density at radius 3 is 1.59 bits per heavy atom. The second-order valence-electron chi connectivity index (χ2n) is 11.8. The molecule has 2 fully saturated rings. The minimum atomic E-state index is -2.72. The largest absolute Gasteiger partial charge is 0.500 e. The van der Waals surface area contributed by atoms with Gasteiger partial charge >= 0.3 is 8.80 Å². The Kier molecular flexibility index (Phi) is 17.4. The SMILES string of the molecule is CCO[Si](CCCNC(=O)CCC(=O)NCCCC1OCC2(CO1)COC(CCCNC(=O)C1C=CC=C1)OC2)(OCC)OCC. The van der Waals surface area contributed by atoms with Crippen LogP contribution >= 0.6 is 0 Å². The van der Waals surface area contributed by atoms with Crippen molar-refractivity contribution >= 4 is 26.5 Å². The predicted molar refractivity (Wildman–Crippen MR) is 172 cm³/mol. The van der Waals surface area contributed by atoms with Gasteiger partial charge in [0.2, 0.25) is 17.7 Å². The lowest BCUT2D eigenvalue weighted by molar-refractivity contribution is -0.304. The predicted octanol–water partition coefficient (Wildman–Crippen LogP) is 2.59. The van der Waals surface area contributed by atoms with Crippen LogP contribution in [0.4, 0.5) is 0 Å². The van der Waals surface area contributed by atoms with Gasteiger partial charge in [0.1, 0.15) is 0 Å². The van der Waals surface area contributed by atoms with Gasteiger partial charge in [0.05, 0.1) is 37.8 Å². The molecule has 2 saturated heterocycles. The molecule has 0 atom stereocenters. The lowest BCUT2D eigenvalue weighted by Crippen LogP contribution is -2.52. The number of nitrogens with one attached hydrogen (secondary N) is 3. The Balaban J connectivity index is 1.17. The van der Waals surface area contributed by atoms with Crippen molar-refractivity contribution in [1.29, 1.82) is 0 Å². The lowest BCUT2D eigenvalue weighted by atomic mass is 9.90. The first kappa shape index (κ1) is 38.3.